The van der Waals surface area contributed by atoms with E-state index in [4.69, 9.17) is 0 Å². The summed E-state index contributed by atoms with van der Waals surface area (Å²) in [5.74, 6) is 1.03. The summed E-state index contributed by atoms with van der Waals surface area (Å²) in [7, 11) is 0. The fourth-order valence-electron chi connectivity index (χ4n) is 2.86. The van der Waals surface area contributed by atoms with Crippen LogP contribution in [0.5, 0.6) is 0 Å². The molecular weight excluding hydrogens is 180 g/mol. The zero-order valence-electron chi connectivity index (χ0n) is 11.1. The molecule has 15 heavy (non-hydrogen) atoms. The highest BCUT2D eigenvalue weighted by Crippen LogP contribution is 2.57. The SMILES string of the molecule is CCCC(C)=CCCC1CC1(C)CCC. The van der Waals surface area contributed by atoms with E-state index in [2.05, 4.69) is 33.8 Å². The van der Waals surface area contributed by atoms with Gasteiger partial charge >= 0.3 is 0 Å². The first-order valence-electron chi connectivity index (χ1n) is 6.78. The van der Waals surface area contributed by atoms with E-state index in [-0.39, 0.29) is 0 Å². The molecule has 1 aliphatic rings. The molecule has 0 aliphatic heterocycles. The topological polar surface area (TPSA) is 0 Å². The maximum atomic E-state index is 2.48. The van der Waals surface area contributed by atoms with Crippen LogP contribution in [0.3, 0.4) is 0 Å². The molecule has 0 amide bonds. The van der Waals surface area contributed by atoms with Crippen LogP contribution in [0, 0.1) is 11.3 Å². The lowest BCUT2D eigenvalue weighted by Gasteiger charge is -2.08. The summed E-state index contributed by atoms with van der Waals surface area (Å²) in [6, 6.07) is 0. The van der Waals surface area contributed by atoms with Crippen LogP contribution in [0.4, 0.5) is 0 Å². The first kappa shape index (κ1) is 12.8. The minimum Gasteiger partial charge on any atom is -0.0856 e. The van der Waals surface area contributed by atoms with Crippen LogP contribution in [0.1, 0.15) is 72.6 Å². The van der Waals surface area contributed by atoms with Crippen LogP contribution < -0.4 is 0 Å². The molecule has 0 aromatic heterocycles. The third kappa shape index (κ3) is 4.01. The molecule has 0 bridgehead atoms. The molecule has 1 rings (SSSR count). The average molecular weight is 208 g/mol. The summed E-state index contributed by atoms with van der Waals surface area (Å²) in [4.78, 5) is 0. The van der Waals surface area contributed by atoms with E-state index >= 15 is 0 Å². The first-order valence-corrected chi connectivity index (χ1v) is 6.78. The van der Waals surface area contributed by atoms with Crippen molar-refractivity contribution in [2.45, 2.75) is 72.6 Å². The predicted octanol–water partition coefficient (Wildman–Crippen LogP) is 5.34. The molecule has 0 spiro atoms. The second kappa shape index (κ2) is 5.72. The van der Waals surface area contributed by atoms with Crippen molar-refractivity contribution in [2.24, 2.45) is 11.3 Å². The van der Waals surface area contributed by atoms with Crippen molar-refractivity contribution < 1.29 is 0 Å². The van der Waals surface area contributed by atoms with Gasteiger partial charge in [-0.1, -0.05) is 45.3 Å². The highest BCUT2D eigenvalue weighted by Gasteiger charge is 2.47. The van der Waals surface area contributed by atoms with Crippen LogP contribution in [-0.2, 0) is 0 Å². The van der Waals surface area contributed by atoms with Gasteiger partial charge in [-0.05, 0) is 50.4 Å². The molecule has 2 atom stereocenters. The highest BCUT2D eigenvalue weighted by atomic mass is 14.5. The third-order valence-electron chi connectivity index (χ3n) is 4.01. The first-order chi connectivity index (χ1) is 7.12. The maximum absolute atomic E-state index is 2.48. The van der Waals surface area contributed by atoms with E-state index in [0.29, 0.717) is 0 Å². The van der Waals surface area contributed by atoms with Crippen LogP contribution in [0.15, 0.2) is 11.6 Å². The smallest absolute Gasteiger partial charge is 0.0294 e. The Morgan fingerprint density at radius 2 is 2.07 bits per heavy atom. The molecule has 1 aliphatic carbocycles. The Balaban J connectivity index is 2.15. The molecule has 0 heterocycles. The van der Waals surface area contributed by atoms with E-state index in [9.17, 15) is 0 Å². The predicted molar refractivity (Wildman–Crippen MR) is 69.0 cm³/mol. The quantitative estimate of drug-likeness (QED) is 0.495. The van der Waals surface area contributed by atoms with Crippen molar-refractivity contribution in [3.63, 3.8) is 0 Å². The monoisotopic (exact) mass is 208 g/mol. The van der Waals surface area contributed by atoms with Gasteiger partial charge in [0.1, 0.15) is 0 Å². The van der Waals surface area contributed by atoms with Gasteiger partial charge in [-0.25, -0.2) is 0 Å². The Kier molecular flexibility index (Phi) is 4.89. The van der Waals surface area contributed by atoms with Gasteiger partial charge in [-0.3, -0.25) is 0 Å². The summed E-state index contributed by atoms with van der Waals surface area (Å²) in [6.07, 6.45) is 12.1. The lowest BCUT2D eigenvalue weighted by molar-refractivity contribution is 0.443. The second-order valence-electron chi connectivity index (χ2n) is 5.68. The normalized spacial score (nSPS) is 30.7. The summed E-state index contributed by atoms with van der Waals surface area (Å²) in [5, 5.41) is 0. The Bertz CT molecular complexity index is 214. The number of rotatable bonds is 7. The maximum Gasteiger partial charge on any atom is -0.0294 e. The lowest BCUT2D eigenvalue weighted by Crippen LogP contribution is -1.96. The Labute approximate surface area is 96.2 Å². The summed E-state index contributed by atoms with van der Waals surface area (Å²) in [5.41, 5.74) is 2.32. The van der Waals surface area contributed by atoms with Gasteiger partial charge in [-0.2, -0.15) is 0 Å². The van der Waals surface area contributed by atoms with Gasteiger partial charge in [-0.15, -0.1) is 0 Å². The minimum absolute atomic E-state index is 0.723. The van der Waals surface area contributed by atoms with E-state index in [1.807, 2.05) is 0 Å². The molecule has 1 fully saturated rings. The fraction of sp³-hybridized carbons (Fsp3) is 0.867. The second-order valence-corrected chi connectivity index (χ2v) is 5.68. The van der Waals surface area contributed by atoms with Crippen molar-refractivity contribution in [1.29, 1.82) is 0 Å². The van der Waals surface area contributed by atoms with Crippen LogP contribution in [0.2, 0.25) is 0 Å². The largest absolute Gasteiger partial charge is 0.0856 e. The number of allylic oxidation sites excluding steroid dienone is 2. The van der Waals surface area contributed by atoms with Crippen LogP contribution in [0.25, 0.3) is 0 Å². The van der Waals surface area contributed by atoms with E-state index in [0.717, 1.165) is 11.3 Å². The molecule has 88 valence electrons. The third-order valence-corrected chi connectivity index (χ3v) is 4.01. The molecular formula is C15H28. The zero-order chi connectivity index (χ0) is 11.3. The van der Waals surface area contributed by atoms with Gasteiger partial charge in [0.2, 0.25) is 0 Å². The van der Waals surface area contributed by atoms with Crippen molar-refractivity contribution >= 4 is 0 Å². The zero-order valence-corrected chi connectivity index (χ0v) is 11.1. The van der Waals surface area contributed by atoms with E-state index in [1.54, 1.807) is 5.57 Å². The molecule has 0 nitrogen and oxygen atoms in total. The van der Waals surface area contributed by atoms with Gasteiger partial charge in [0.15, 0.2) is 0 Å². The summed E-state index contributed by atoms with van der Waals surface area (Å²) >= 11 is 0. The lowest BCUT2D eigenvalue weighted by atomic mass is 9.97. The minimum atomic E-state index is 0.723. The van der Waals surface area contributed by atoms with Gasteiger partial charge in [0.25, 0.3) is 0 Å². The highest BCUT2D eigenvalue weighted by molar-refractivity contribution is 5.02. The molecule has 0 aromatic carbocycles. The van der Waals surface area contributed by atoms with Gasteiger partial charge in [0, 0.05) is 0 Å². The summed E-state index contributed by atoms with van der Waals surface area (Å²) in [6.45, 7) is 9.33. The van der Waals surface area contributed by atoms with E-state index < -0.39 is 0 Å². The Morgan fingerprint density at radius 3 is 2.67 bits per heavy atom. The van der Waals surface area contributed by atoms with Crippen molar-refractivity contribution in [3.8, 4) is 0 Å². The fourth-order valence-corrected chi connectivity index (χ4v) is 2.86. The molecule has 0 N–H and O–H groups in total. The van der Waals surface area contributed by atoms with Crippen LogP contribution in [-0.4, -0.2) is 0 Å². The molecule has 0 heteroatoms. The summed E-state index contributed by atoms with van der Waals surface area (Å²) < 4.78 is 0. The van der Waals surface area contributed by atoms with Gasteiger partial charge < -0.3 is 0 Å². The standard InChI is InChI=1S/C15H28/c1-5-8-13(3)9-7-10-14-12-15(14,4)11-6-2/h9,14H,5-8,10-12H2,1-4H3. The van der Waals surface area contributed by atoms with Gasteiger partial charge in [0.05, 0.1) is 0 Å². The molecule has 0 saturated heterocycles. The van der Waals surface area contributed by atoms with Crippen molar-refractivity contribution in [2.75, 3.05) is 0 Å². The Morgan fingerprint density at radius 1 is 1.33 bits per heavy atom. The van der Waals surface area contributed by atoms with E-state index in [1.165, 1.54) is 44.9 Å². The molecule has 1 saturated carbocycles. The number of hydrogen-bond donors (Lipinski definition) is 0. The van der Waals surface area contributed by atoms with Crippen molar-refractivity contribution in [3.05, 3.63) is 11.6 Å². The molecule has 0 aromatic rings. The Hall–Kier alpha value is -0.260. The molecule has 0 radical (unpaired) electrons. The van der Waals surface area contributed by atoms with Crippen LogP contribution >= 0.6 is 0 Å². The van der Waals surface area contributed by atoms with Crippen molar-refractivity contribution in [1.82, 2.24) is 0 Å². The number of hydrogen-bond acceptors (Lipinski definition) is 0. The molecule has 2 unspecified atom stereocenters. The average Bonchev–Trinajstić information content (AvgIpc) is 2.78.